The lowest BCUT2D eigenvalue weighted by Crippen LogP contribution is -2.40. The number of fused-ring (bicyclic) bond motifs is 5. The molecule has 1 aliphatic heterocycles. The van der Waals surface area contributed by atoms with Crippen molar-refractivity contribution in [3.8, 4) is 5.00 Å². The normalized spacial score (nSPS) is 17.9. The molecule has 2 amide bonds. The molecule has 0 radical (unpaired) electrons. The van der Waals surface area contributed by atoms with Gasteiger partial charge in [-0.25, -0.2) is 4.79 Å². The summed E-state index contributed by atoms with van der Waals surface area (Å²) in [5.74, 6) is 0.0760. The first-order chi connectivity index (χ1) is 15.8. The fraction of sp³-hybridized carbons (Fsp3) is 0.400. The van der Waals surface area contributed by atoms with Gasteiger partial charge in [-0.3, -0.25) is 0 Å². The SMILES string of the molecule is CC(C)[C@H]1c2cccn2-c2sc3c(c2CN1C(=O)Nc1ccccc1C(F)(F)F)CCCC3. The van der Waals surface area contributed by atoms with Crippen LogP contribution in [-0.4, -0.2) is 15.5 Å². The van der Waals surface area contributed by atoms with Crippen molar-refractivity contribution in [3.05, 3.63) is 69.9 Å². The lowest BCUT2D eigenvalue weighted by atomic mass is 9.94. The van der Waals surface area contributed by atoms with E-state index in [-0.39, 0.29) is 17.6 Å². The molecule has 0 saturated carbocycles. The lowest BCUT2D eigenvalue weighted by molar-refractivity contribution is -0.136. The maximum atomic E-state index is 13.6. The van der Waals surface area contributed by atoms with Gasteiger partial charge >= 0.3 is 12.2 Å². The lowest BCUT2D eigenvalue weighted by Gasteiger charge is -2.34. The molecule has 5 rings (SSSR count). The topological polar surface area (TPSA) is 37.3 Å². The van der Waals surface area contributed by atoms with Crippen LogP contribution in [0.2, 0.25) is 0 Å². The minimum absolute atomic E-state index is 0.0760. The molecule has 1 N–H and O–H groups in total. The van der Waals surface area contributed by atoms with E-state index < -0.39 is 17.8 Å². The van der Waals surface area contributed by atoms with Crippen LogP contribution in [0.1, 0.15) is 60.0 Å². The average molecular weight is 474 g/mol. The third kappa shape index (κ3) is 3.84. The first-order valence-corrected chi connectivity index (χ1v) is 12.1. The van der Waals surface area contributed by atoms with Crippen molar-refractivity contribution in [1.82, 2.24) is 9.47 Å². The van der Waals surface area contributed by atoms with Crippen LogP contribution in [0, 0.1) is 5.92 Å². The number of carbonyl (C=O) groups excluding carboxylic acids is 1. The molecule has 8 heteroatoms. The minimum Gasteiger partial charge on any atom is -0.311 e. The van der Waals surface area contributed by atoms with E-state index in [4.69, 9.17) is 0 Å². The van der Waals surface area contributed by atoms with Crippen LogP contribution in [0.5, 0.6) is 0 Å². The third-order valence-electron chi connectivity index (χ3n) is 6.59. The first kappa shape index (κ1) is 22.1. The number of nitrogens with one attached hydrogen (secondary N) is 1. The number of benzene rings is 1. The van der Waals surface area contributed by atoms with Crippen molar-refractivity contribution in [2.75, 3.05) is 5.32 Å². The number of para-hydroxylation sites is 1. The second kappa shape index (κ2) is 8.24. The number of alkyl halides is 3. The van der Waals surface area contributed by atoms with Crippen molar-refractivity contribution in [1.29, 1.82) is 0 Å². The predicted molar refractivity (Wildman–Crippen MR) is 124 cm³/mol. The maximum absolute atomic E-state index is 13.6. The Balaban J connectivity index is 1.59. The fourth-order valence-corrected chi connectivity index (χ4v) is 6.55. The van der Waals surface area contributed by atoms with Gasteiger partial charge in [0.2, 0.25) is 0 Å². The number of hydrogen-bond donors (Lipinski definition) is 1. The van der Waals surface area contributed by atoms with Crippen molar-refractivity contribution in [2.24, 2.45) is 5.92 Å². The van der Waals surface area contributed by atoms with E-state index in [0.29, 0.717) is 6.54 Å². The predicted octanol–water partition coefficient (Wildman–Crippen LogP) is 7.18. The van der Waals surface area contributed by atoms with Gasteiger partial charge in [-0.2, -0.15) is 13.2 Å². The van der Waals surface area contributed by atoms with E-state index in [1.807, 2.05) is 32.2 Å². The Morgan fingerprint density at radius 2 is 1.85 bits per heavy atom. The number of rotatable bonds is 2. The molecule has 0 unspecified atom stereocenters. The molecule has 33 heavy (non-hydrogen) atoms. The molecule has 3 heterocycles. The summed E-state index contributed by atoms with van der Waals surface area (Å²) >= 11 is 1.79. The first-order valence-electron chi connectivity index (χ1n) is 11.3. The quantitative estimate of drug-likeness (QED) is 0.421. The summed E-state index contributed by atoms with van der Waals surface area (Å²) in [4.78, 5) is 16.7. The van der Waals surface area contributed by atoms with E-state index in [0.717, 1.165) is 48.0 Å². The summed E-state index contributed by atoms with van der Waals surface area (Å²) in [6, 6.07) is 8.36. The number of anilines is 1. The van der Waals surface area contributed by atoms with E-state index >= 15 is 0 Å². The molecule has 1 atom stereocenters. The van der Waals surface area contributed by atoms with Crippen molar-refractivity contribution >= 4 is 23.1 Å². The molecule has 2 aromatic heterocycles. The largest absolute Gasteiger partial charge is 0.418 e. The molecular formula is C25H26F3N3OS. The van der Waals surface area contributed by atoms with Crippen LogP contribution in [-0.2, 0) is 25.6 Å². The van der Waals surface area contributed by atoms with E-state index in [2.05, 4.69) is 9.88 Å². The van der Waals surface area contributed by atoms with Crippen molar-refractivity contribution < 1.29 is 18.0 Å². The van der Waals surface area contributed by atoms with Crippen LogP contribution in [0.4, 0.5) is 23.7 Å². The molecule has 0 spiro atoms. The summed E-state index contributed by atoms with van der Waals surface area (Å²) < 4.78 is 42.8. The molecule has 174 valence electrons. The van der Waals surface area contributed by atoms with E-state index in [1.54, 1.807) is 16.2 Å². The Bertz CT molecular complexity index is 1190. The van der Waals surface area contributed by atoms with E-state index in [1.165, 1.54) is 28.6 Å². The number of halogens is 3. The number of nitrogens with zero attached hydrogens (tertiary/aromatic N) is 2. The molecule has 1 aliphatic carbocycles. The number of aromatic nitrogens is 1. The van der Waals surface area contributed by atoms with Gasteiger partial charge in [0.1, 0.15) is 5.00 Å². The molecular weight excluding hydrogens is 447 g/mol. The van der Waals surface area contributed by atoms with Gasteiger partial charge in [0.05, 0.1) is 23.8 Å². The van der Waals surface area contributed by atoms with Gasteiger partial charge in [-0.05, 0) is 61.4 Å². The Morgan fingerprint density at radius 1 is 1.09 bits per heavy atom. The van der Waals surface area contributed by atoms with Gasteiger partial charge < -0.3 is 14.8 Å². The highest BCUT2D eigenvalue weighted by molar-refractivity contribution is 7.15. The Hall–Kier alpha value is -2.74. The zero-order chi connectivity index (χ0) is 23.3. The molecule has 1 aromatic carbocycles. The zero-order valence-corrected chi connectivity index (χ0v) is 19.4. The number of thiophene rings is 1. The number of hydrogen-bond acceptors (Lipinski definition) is 2. The smallest absolute Gasteiger partial charge is 0.311 e. The van der Waals surface area contributed by atoms with Crippen LogP contribution in [0.25, 0.3) is 5.00 Å². The van der Waals surface area contributed by atoms with Crippen LogP contribution in [0.15, 0.2) is 42.6 Å². The van der Waals surface area contributed by atoms with Gasteiger partial charge in [0.15, 0.2) is 0 Å². The molecule has 2 aliphatic rings. The zero-order valence-electron chi connectivity index (χ0n) is 18.6. The fourth-order valence-electron chi connectivity index (χ4n) is 5.15. The highest BCUT2D eigenvalue weighted by Crippen LogP contribution is 2.44. The van der Waals surface area contributed by atoms with Gasteiger partial charge in [0.25, 0.3) is 0 Å². The molecule has 0 saturated heterocycles. The van der Waals surface area contributed by atoms with Crippen molar-refractivity contribution in [3.63, 3.8) is 0 Å². The standard InChI is InChI=1S/C25H26F3N3OS/c1-15(2)22-20-11-7-13-30(20)23-17(16-8-3-6-12-21(16)33-23)14-31(22)24(32)29-19-10-5-4-9-18(19)25(26,27)28/h4-5,7,9-11,13,15,22H,3,6,8,12,14H2,1-2H3,(H,29,32)/t22-/m0/s1. The summed E-state index contributed by atoms with van der Waals surface area (Å²) in [5, 5.41) is 3.72. The molecule has 0 fully saturated rings. The number of urea groups is 1. The highest BCUT2D eigenvalue weighted by Gasteiger charge is 2.38. The van der Waals surface area contributed by atoms with E-state index in [9.17, 15) is 18.0 Å². The van der Waals surface area contributed by atoms with Crippen LogP contribution < -0.4 is 5.32 Å². The van der Waals surface area contributed by atoms with Gasteiger partial charge in [0, 0.05) is 22.3 Å². The second-order valence-corrected chi connectivity index (χ2v) is 10.2. The number of aryl methyl sites for hydroxylation is 1. The Labute approximate surface area is 195 Å². The van der Waals surface area contributed by atoms with Crippen molar-refractivity contribution in [2.45, 2.75) is 58.3 Å². The third-order valence-corrected chi connectivity index (χ3v) is 7.93. The monoisotopic (exact) mass is 473 g/mol. The van der Waals surface area contributed by atoms with Crippen LogP contribution >= 0.6 is 11.3 Å². The second-order valence-electron chi connectivity index (χ2n) is 9.09. The number of carbonyl (C=O) groups is 1. The van der Waals surface area contributed by atoms with Crippen LogP contribution in [0.3, 0.4) is 0 Å². The summed E-state index contributed by atoms with van der Waals surface area (Å²) in [6.45, 7) is 4.47. The van der Waals surface area contributed by atoms with Gasteiger partial charge in [-0.1, -0.05) is 26.0 Å². The Morgan fingerprint density at radius 3 is 2.61 bits per heavy atom. The highest BCUT2D eigenvalue weighted by atomic mass is 32.1. The molecule has 4 nitrogen and oxygen atoms in total. The maximum Gasteiger partial charge on any atom is 0.418 e. The Kier molecular flexibility index (Phi) is 5.51. The average Bonchev–Trinajstić information content (AvgIpc) is 3.34. The molecule has 3 aromatic rings. The summed E-state index contributed by atoms with van der Waals surface area (Å²) in [7, 11) is 0. The van der Waals surface area contributed by atoms with Gasteiger partial charge in [-0.15, -0.1) is 11.3 Å². The summed E-state index contributed by atoms with van der Waals surface area (Å²) in [5.41, 5.74) is 2.38. The number of amides is 2. The summed E-state index contributed by atoms with van der Waals surface area (Å²) in [6.07, 6.45) is 1.80. The molecule has 0 bridgehead atoms. The minimum atomic E-state index is -4.55.